The number of carboxylic acid groups (broad SMARTS) is 1. The molecule has 5 heteroatoms. The molecule has 0 saturated carbocycles. The maximum atomic E-state index is 11.8. The third kappa shape index (κ3) is 3.54. The lowest BCUT2D eigenvalue weighted by Crippen LogP contribution is -2.41. The molecule has 1 amide bonds. The van der Waals surface area contributed by atoms with Crippen LogP contribution in [0.2, 0.25) is 0 Å². The molecule has 0 aliphatic carbocycles. The topological polar surface area (TPSA) is 78.4 Å². The van der Waals surface area contributed by atoms with Crippen LogP contribution in [0.5, 0.6) is 0 Å². The Morgan fingerprint density at radius 1 is 1.37 bits per heavy atom. The van der Waals surface area contributed by atoms with Crippen molar-refractivity contribution in [2.75, 3.05) is 13.1 Å². The number of hydrogen-bond donors (Lipinski definition) is 3. The Morgan fingerprint density at radius 3 is 2.84 bits per heavy atom. The van der Waals surface area contributed by atoms with Crippen LogP contribution in [-0.4, -0.2) is 36.1 Å². The summed E-state index contributed by atoms with van der Waals surface area (Å²) in [5.74, 6) is -0.926. The van der Waals surface area contributed by atoms with Crippen molar-refractivity contribution < 1.29 is 14.7 Å². The first-order valence-corrected chi connectivity index (χ1v) is 6.51. The fourth-order valence-electron chi connectivity index (χ4n) is 2.30. The van der Waals surface area contributed by atoms with E-state index in [9.17, 15) is 9.59 Å². The van der Waals surface area contributed by atoms with Crippen LogP contribution in [0.4, 0.5) is 0 Å². The maximum absolute atomic E-state index is 11.8. The number of carbonyl (C=O) groups excluding carboxylic acids is 1. The summed E-state index contributed by atoms with van der Waals surface area (Å²) >= 11 is 0. The quantitative estimate of drug-likeness (QED) is 0.733. The number of nitrogens with one attached hydrogen (secondary N) is 2. The predicted molar refractivity (Wildman–Crippen MR) is 71.1 cm³/mol. The van der Waals surface area contributed by atoms with Crippen LogP contribution in [0.25, 0.3) is 0 Å². The summed E-state index contributed by atoms with van der Waals surface area (Å²) in [6.45, 7) is 1.35. The molecule has 0 unspecified atom stereocenters. The summed E-state index contributed by atoms with van der Waals surface area (Å²) in [6, 6.07) is 6.78. The molecule has 1 fully saturated rings. The number of carbonyl (C=O) groups is 2. The van der Waals surface area contributed by atoms with Crippen LogP contribution in [-0.2, 0) is 11.2 Å². The molecule has 3 N–H and O–H groups in total. The Balaban J connectivity index is 1.85. The average molecular weight is 262 g/mol. The molecule has 0 radical (unpaired) electrons. The smallest absolute Gasteiger partial charge is 0.335 e. The van der Waals surface area contributed by atoms with E-state index in [1.54, 1.807) is 18.2 Å². The van der Waals surface area contributed by atoms with Crippen LogP contribution in [0, 0.1) is 0 Å². The molecule has 19 heavy (non-hydrogen) atoms. The highest BCUT2D eigenvalue weighted by molar-refractivity contribution is 5.89. The van der Waals surface area contributed by atoms with Crippen LogP contribution in [0.1, 0.15) is 28.8 Å². The highest BCUT2D eigenvalue weighted by atomic mass is 16.4. The predicted octanol–water partition coefficient (Wildman–Crippen LogP) is 0.796. The molecule has 0 aromatic heterocycles. The molecule has 1 saturated heterocycles. The molecule has 1 aliphatic rings. The van der Waals surface area contributed by atoms with Gasteiger partial charge in [0.1, 0.15) is 0 Å². The minimum Gasteiger partial charge on any atom is -0.478 e. The molecule has 2 rings (SSSR count). The van der Waals surface area contributed by atoms with E-state index in [2.05, 4.69) is 10.6 Å². The monoisotopic (exact) mass is 262 g/mol. The fraction of sp³-hybridized carbons (Fsp3) is 0.429. The van der Waals surface area contributed by atoms with Gasteiger partial charge in [-0.25, -0.2) is 4.79 Å². The third-order valence-corrected chi connectivity index (χ3v) is 3.32. The summed E-state index contributed by atoms with van der Waals surface area (Å²) < 4.78 is 0. The number of benzene rings is 1. The van der Waals surface area contributed by atoms with E-state index in [1.165, 1.54) is 0 Å². The van der Waals surface area contributed by atoms with Gasteiger partial charge in [0, 0.05) is 6.54 Å². The Morgan fingerprint density at radius 2 is 2.16 bits per heavy atom. The van der Waals surface area contributed by atoms with Crippen molar-refractivity contribution in [3.05, 3.63) is 35.4 Å². The van der Waals surface area contributed by atoms with Gasteiger partial charge in [-0.1, -0.05) is 18.2 Å². The highest BCUT2D eigenvalue weighted by Crippen LogP contribution is 2.09. The van der Waals surface area contributed by atoms with Crippen LogP contribution in [0.15, 0.2) is 24.3 Å². The van der Waals surface area contributed by atoms with Gasteiger partial charge < -0.3 is 15.7 Å². The lowest BCUT2D eigenvalue weighted by molar-refractivity contribution is -0.122. The van der Waals surface area contributed by atoms with Crippen LogP contribution < -0.4 is 10.6 Å². The van der Waals surface area contributed by atoms with Crippen molar-refractivity contribution in [1.29, 1.82) is 0 Å². The number of rotatable bonds is 5. The molecular weight excluding hydrogens is 244 g/mol. The van der Waals surface area contributed by atoms with Gasteiger partial charge in [0.2, 0.25) is 5.91 Å². The molecular formula is C14H18N2O3. The summed E-state index contributed by atoms with van der Waals surface area (Å²) in [7, 11) is 0. The van der Waals surface area contributed by atoms with E-state index in [-0.39, 0.29) is 11.9 Å². The Hall–Kier alpha value is -1.88. The van der Waals surface area contributed by atoms with E-state index in [4.69, 9.17) is 5.11 Å². The van der Waals surface area contributed by atoms with Crippen molar-refractivity contribution in [2.45, 2.75) is 25.3 Å². The van der Waals surface area contributed by atoms with Gasteiger partial charge >= 0.3 is 5.97 Å². The molecule has 0 spiro atoms. The largest absolute Gasteiger partial charge is 0.478 e. The average Bonchev–Trinajstić information content (AvgIpc) is 2.93. The Bertz CT molecular complexity index is 468. The van der Waals surface area contributed by atoms with E-state index in [0.29, 0.717) is 18.5 Å². The third-order valence-electron chi connectivity index (χ3n) is 3.32. The van der Waals surface area contributed by atoms with E-state index >= 15 is 0 Å². The van der Waals surface area contributed by atoms with Crippen molar-refractivity contribution >= 4 is 11.9 Å². The number of carboxylic acids is 1. The molecule has 1 aromatic carbocycles. The second-order valence-electron chi connectivity index (χ2n) is 4.65. The van der Waals surface area contributed by atoms with Crippen molar-refractivity contribution in [2.24, 2.45) is 0 Å². The van der Waals surface area contributed by atoms with Crippen LogP contribution >= 0.6 is 0 Å². The lowest BCUT2D eigenvalue weighted by atomic mass is 10.0. The molecule has 1 atom stereocenters. The zero-order valence-corrected chi connectivity index (χ0v) is 10.7. The molecule has 1 aromatic rings. The summed E-state index contributed by atoms with van der Waals surface area (Å²) in [4.78, 5) is 22.8. The number of hydrogen-bond acceptors (Lipinski definition) is 3. The van der Waals surface area contributed by atoms with Gasteiger partial charge in [-0.3, -0.25) is 4.79 Å². The van der Waals surface area contributed by atoms with Gasteiger partial charge in [0.05, 0.1) is 11.6 Å². The maximum Gasteiger partial charge on any atom is 0.335 e. The first kappa shape index (κ1) is 13.5. The normalized spacial score (nSPS) is 18.2. The van der Waals surface area contributed by atoms with Gasteiger partial charge in [-0.05, 0) is 37.4 Å². The SMILES string of the molecule is O=C(O)c1ccccc1CCNC(=O)[C@@H]1CCCN1. The standard InChI is InChI=1S/C14H18N2O3/c17-13(12-6-3-8-15-12)16-9-7-10-4-1-2-5-11(10)14(18)19/h1-2,4-5,12,15H,3,6-9H2,(H,16,17)(H,18,19)/t12-/m0/s1. The molecule has 102 valence electrons. The zero-order chi connectivity index (χ0) is 13.7. The summed E-state index contributed by atoms with van der Waals surface area (Å²) in [6.07, 6.45) is 2.43. The first-order valence-electron chi connectivity index (χ1n) is 6.51. The van der Waals surface area contributed by atoms with Crippen molar-refractivity contribution in [1.82, 2.24) is 10.6 Å². The van der Waals surface area contributed by atoms with Gasteiger partial charge in [-0.2, -0.15) is 0 Å². The van der Waals surface area contributed by atoms with E-state index in [0.717, 1.165) is 24.9 Å². The molecule has 1 aliphatic heterocycles. The molecule has 0 bridgehead atoms. The minimum absolute atomic E-state index is 0.00491. The van der Waals surface area contributed by atoms with Crippen molar-refractivity contribution in [3.8, 4) is 0 Å². The number of aromatic carboxylic acids is 1. The molecule has 1 heterocycles. The zero-order valence-electron chi connectivity index (χ0n) is 10.7. The van der Waals surface area contributed by atoms with E-state index < -0.39 is 5.97 Å². The summed E-state index contributed by atoms with van der Waals surface area (Å²) in [5.41, 5.74) is 1.05. The second kappa shape index (κ2) is 6.33. The van der Waals surface area contributed by atoms with Gasteiger partial charge in [-0.15, -0.1) is 0 Å². The minimum atomic E-state index is -0.931. The van der Waals surface area contributed by atoms with E-state index in [1.807, 2.05) is 6.07 Å². The van der Waals surface area contributed by atoms with Gasteiger partial charge in [0.15, 0.2) is 0 Å². The van der Waals surface area contributed by atoms with Crippen molar-refractivity contribution in [3.63, 3.8) is 0 Å². The summed E-state index contributed by atoms with van der Waals surface area (Å²) in [5, 5.41) is 15.0. The lowest BCUT2D eigenvalue weighted by Gasteiger charge is -2.11. The Labute approximate surface area is 112 Å². The first-order chi connectivity index (χ1) is 9.18. The van der Waals surface area contributed by atoms with Gasteiger partial charge in [0.25, 0.3) is 0 Å². The molecule has 5 nitrogen and oxygen atoms in total. The fourth-order valence-corrected chi connectivity index (χ4v) is 2.30. The number of amides is 1. The van der Waals surface area contributed by atoms with Crippen LogP contribution in [0.3, 0.4) is 0 Å². The highest BCUT2D eigenvalue weighted by Gasteiger charge is 2.21. The Kier molecular flexibility index (Phi) is 4.52. The second-order valence-corrected chi connectivity index (χ2v) is 4.65.